The molecule has 1 saturated heterocycles. The number of carbonyl (C=O) groups excluding carboxylic acids is 2. The molecule has 1 heterocycles. The zero-order chi connectivity index (χ0) is 20.3. The molecule has 2 aromatic rings. The Bertz CT molecular complexity index is 862. The number of carbonyl (C=O) groups is 2. The van der Waals surface area contributed by atoms with Crippen LogP contribution in [-0.2, 0) is 4.79 Å². The van der Waals surface area contributed by atoms with Crippen LogP contribution in [0, 0.1) is 5.82 Å². The Morgan fingerprint density at radius 3 is 2.54 bits per heavy atom. The molecule has 148 valence electrons. The van der Waals surface area contributed by atoms with Crippen LogP contribution in [0.3, 0.4) is 0 Å². The maximum absolute atomic E-state index is 13.1. The Hall–Kier alpha value is -2.05. The monoisotopic (exact) mass is 420 g/mol. The first kappa shape index (κ1) is 20.7. The summed E-state index contributed by atoms with van der Waals surface area (Å²) in [5.74, 6) is -0.514. The summed E-state index contributed by atoms with van der Waals surface area (Å²) < 4.78 is 13.1. The van der Waals surface area contributed by atoms with Crippen molar-refractivity contribution in [2.24, 2.45) is 0 Å². The second-order valence-electron chi connectivity index (χ2n) is 6.58. The molecule has 3 rings (SSSR count). The molecule has 1 fully saturated rings. The molecule has 2 amide bonds. The fraction of sp³-hybridized carbons (Fsp3) is 0.333. The van der Waals surface area contributed by atoms with Gasteiger partial charge in [-0.05, 0) is 44.2 Å². The molecule has 0 unspecified atom stereocenters. The first-order valence-electron chi connectivity index (χ1n) is 9.17. The van der Waals surface area contributed by atoms with Crippen LogP contribution in [0.15, 0.2) is 48.5 Å². The molecule has 1 aliphatic heterocycles. The summed E-state index contributed by atoms with van der Waals surface area (Å²) >= 11 is 7.91. The Balaban J connectivity index is 1.74. The maximum Gasteiger partial charge on any atom is 0.253 e. The second kappa shape index (κ2) is 8.97. The van der Waals surface area contributed by atoms with Gasteiger partial charge in [0.15, 0.2) is 0 Å². The normalized spacial score (nSPS) is 19.1. The van der Waals surface area contributed by atoms with Crippen molar-refractivity contribution in [2.45, 2.75) is 24.5 Å². The largest absolute Gasteiger partial charge is 0.337 e. The number of nitrogens with zero attached hydrogens (tertiary/aromatic N) is 2. The van der Waals surface area contributed by atoms with Gasteiger partial charge in [-0.2, -0.15) is 0 Å². The summed E-state index contributed by atoms with van der Waals surface area (Å²) in [4.78, 5) is 28.9. The van der Waals surface area contributed by atoms with Crippen molar-refractivity contribution < 1.29 is 14.0 Å². The highest BCUT2D eigenvalue weighted by molar-refractivity contribution is 8.01. The minimum atomic E-state index is -0.379. The minimum absolute atomic E-state index is 0.0419. The van der Waals surface area contributed by atoms with Crippen LogP contribution in [-0.4, -0.2) is 46.5 Å². The molecule has 2 atom stereocenters. The highest BCUT2D eigenvalue weighted by Crippen LogP contribution is 2.44. The minimum Gasteiger partial charge on any atom is -0.337 e. The highest BCUT2D eigenvalue weighted by Gasteiger charge is 2.39. The lowest BCUT2D eigenvalue weighted by Crippen LogP contribution is -2.40. The van der Waals surface area contributed by atoms with Crippen LogP contribution < -0.4 is 0 Å². The van der Waals surface area contributed by atoms with Gasteiger partial charge in [-0.3, -0.25) is 9.59 Å². The summed E-state index contributed by atoms with van der Waals surface area (Å²) in [6.45, 7) is 5.07. The van der Waals surface area contributed by atoms with E-state index in [2.05, 4.69) is 0 Å². The molecule has 4 nitrogen and oxygen atoms in total. The summed E-state index contributed by atoms with van der Waals surface area (Å²) in [6.07, 6.45) is 0. The predicted octanol–water partition coefficient (Wildman–Crippen LogP) is 4.60. The topological polar surface area (TPSA) is 40.6 Å². The molecular weight excluding hydrogens is 399 g/mol. The van der Waals surface area contributed by atoms with Crippen LogP contribution in [0.5, 0.6) is 0 Å². The lowest BCUT2D eigenvalue weighted by atomic mass is 10.2. The van der Waals surface area contributed by atoms with Crippen molar-refractivity contribution in [1.29, 1.82) is 0 Å². The zero-order valence-corrected chi connectivity index (χ0v) is 17.3. The van der Waals surface area contributed by atoms with Crippen molar-refractivity contribution >= 4 is 35.2 Å². The van der Waals surface area contributed by atoms with E-state index in [0.29, 0.717) is 30.2 Å². The van der Waals surface area contributed by atoms with E-state index in [1.165, 1.54) is 24.3 Å². The molecule has 0 N–H and O–H groups in total. The molecule has 0 aromatic heterocycles. The Labute approximate surface area is 173 Å². The fourth-order valence-corrected chi connectivity index (χ4v) is 4.88. The van der Waals surface area contributed by atoms with E-state index >= 15 is 0 Å². The zero-order valence-electron chi connectivity index (χ0n) is 15.8. The molecule has 0 spiro atoms. The van der Waals surface area contributed by atoms with Crippen LogP contribution >= 0.6 is 23.4 Å². The second-order valence-corrected chi connectivity index (χ2v) is 8.41. The maximum atomic E-state index is 13.1. The average Bonchev–Trinajstić information content (AvgIpc) is 2.97. The number of hydrogen-bond donors (Lipinski definition) is 0. The molecule has 0 bridgehead atoms. The number of benzene rings is 2. The van der Waals surface area contributed by atoms with Gasteiger partial charge in [0.25, 0.3) is 5.91 Å². The van der Waals surface area contributed by atoms with Crippen LogP contribution in [0.1, 0.15) is 35.1 Å². The number of amides is 2. The Kier molecular flexibility index (Phi) is 6.62. The van der Waals surface area contributed by atoms with E-state index in [-0.39, 0.29) is 28.3 Å². The van der Waals surface area contributed by atoms with E-state index in [4.69, 9.17) is 11.6 Å². The third kappa shape index (κ3) is 4.33. The van der Waals surface area contributed by atoms with Crippen molar-refractivity contribution in [3.63, 3.8) is 0 Å². The lowest BCUT2D eigenvalue weighted by Gasteiger charge is -2.28. The van der Waals surface area contributed by atoms with Crippen molar-refractivity contribution in [3.8, 4) is 0 Å². The molecule has 0 saturated carbocycles. The molecule has 1 aliphatic rings. The number of likely N-dealkylation sites (N-methyl/N-ethyl adjacent to an activating group) is 1. The average molecular weight is 421 g/mol. The number of hydrogen-bond acceptors (Lipinski definition) is 3. The van der Waals surface area contributed by atoms with E-state index in [9.17, 15) is 14.0 Å². The van der Waals surface area contributed by atoms with Gasteiger partial charge in [-0.25, -0.2) is 4.39 Å². The first-order valence-corrected chi connectivity index (χ1v) is 10.5. The smallest absolute Gasteiger partial charge is 0.253 e. The van der Waals surface area contributed by atoms with Crippen LogP contribution in [0.25, 0.3) is 0 Å². The summed E-state index contributed by atoms with van der Waals surface area (Å²) in [6, 6.07) is 13.0. The third-order valence-corrected chi connectivity index (χ3v) is 6.51. The van der Waals surface area contributed by atoms with Crippen molar-refractivity contribution in [1.82, 2.24) is 9.80 Å². The van der Waals surface area contributed by atoms with Crippen molar-refractivity contribution in [3.05, 3.63) is 70.5 Å². The number of rotatable bonds is 6. The Morgan fingerprint density at radius 1 is 1.21 bits per heavy atom. The van der Waals surface area contributed by atoms with Crippen LogP contribution in [0.2, 0.25) is 5.02 Å². The molecule has 7 heteroatoms. The molecule has 0 aliphatic carbocycles. The van der Waals surface area contributed by atoms with Gasteiger partial charge in [0, 0.05) is 35.8 Å². The lowest BCUT2D eigenvalue weighted by molar-refractivity contribution is -0.130. The molecular formula is C21H22ClFN2O2S. The SMILES string of the molecule is CCN(CCN1C(=O)[C@@H](C)S[C@@H]1c1ccccc1Cl)C(=O)c1ccc(F)cc1. The first-order chi connectivity index (χ1) is 13.4. The summed E-state index contributed by atoms with van der Waals surface area (Å²) in [5, 5.41) is 0.293. The third-order valence-electron chi connectivity index (χ3n) is 4.79. The van der Waals surface area contributed by atoms with E-state index in [1.807, 2.05) is 38.1 Å². The number of halogens is 2. The van der Waals surface area contributed by atoms with Gasteiger partial charge in [0.05, 0.1) is 5.25 Å². The Morgan fingerprint density at radius 2 is 1.89 bits per heavy atom. The van der Waals surface area contributed by atoms with Gasteiger partial charge in [-0.15, -0.1) is 11.8 Å². The van der Waals surface area contributed by atoms with Gasteiger partial charge in [0.1, 0.15) is 11.2 Å². The van der Waals surface area contributed by atoms with E-state index < -0.39 is 0 Å². The fourth-order valence-electron chi connectivity index (χ4n) is 3.22. The van der Waals surface area contributed by atoms with E-state index in [0.717, 1.165) is 5.56 Å². The van der Waals surface area contributed by atoms with Gasteiger partial charge >= 0.3 is 0 Å². The molecule has 2 aromatic carbocycles. The highest BCUT2D eigenvalue weighted by atomic mass is 35.5. The predicted molar refractivity (Wildman–Crippen MR) is 111 cm³/mol. The molecule has 28 heavy (non-hydrogen) atoms. The van der Waals surface area contributed by atoms with Gasteiger partial charge in [0.2, 0.25) is 5.91 Å². The standard InChI is InChI=1S/C21H22ClFN2O2S/c1-3-24(20(27)15-8-10-16(23)11-9-15)12-13-25-19(26)14(2)28-21(25)17-6-4-5-7-18(17)22/h4-11,14,21H,3,12-13H2,1-2H3/t14-,21-/m1/s1. The summed E-state index contributed by atoms with van der Waals surface area (Å²) in [5.41, 5.74) is 1.33. The van der Waals surface area contributed by atoms with Crippen LogP contribution in [0.4, 0.5) is 4.39 Å². The van der Waals surface area contributed by atoms with Gasteiger partial charge in [-0.1, -0.05) is 29.8 Å². The van der Waals surface area contributed by atoms with Gasteiger partial charge < -0.3 is 9.80 Å². The quantitative estimate of drug-likeness (QED) is 0.685. The van der Waals surface area contributed by atoms with E-state index in [1.54, 1.807) is 21.6 Å². The number of thioether (sulfide) groups is 1. The summed E-state index contributed by atoms with van der Waals surface area (Å²) in [7, 11) is 0. The van der Waals surface area contributed by atoms with Crippen molar-refractivity contribution in [2.75, 3.05) is 19.6 Å². The molecule has 0 radical (unpaired) electrons.